The average molecular weight is 408 g/mol. The van der Waals surface area contributed by atoms with Gasteiger partial charge in [0.05, 0.1) is 23.3 Å². The number of anilines is 1. The fourth-order valence-electron chi connectivity index (χ4n) is 3.39. The fraction of sp³-hybridized carbons (Fsp3) is 0.136. The normalized spacial score (nSPS) is 16.1. The second-order valence-electron chi connectivity index (χ2n) is 6.76. The maximum atomic E-state index is 13.5. The van der Waals surface area contributed by atoms with Gasteiger partial charge >= 0.3 is 0 Å². The van der Waals surface area contributed by atoms with Crippen LogP contribution in [0.25, 0.3) is 0 Å². The number of methoxy groups -OCH3 is 1. The molecular weight excluding hydrogens is 388 g/mol. The number of hydrogen-bond donors (Lipinski definition) is 1. The van der Waals surface area contributed by atoms with Gasteiger partial charge in [0.15, 0.2) is 0 Å². The van der Waals surface area contributed by atoms with Crippen LogP contribution >= 0.6 is 0 Å². The lowest BCUT2D eigenvalue weighted by molar-refractivity contribution is 0.0820. The van der Waals surface area contributed by atoms with Crippen LogP contribution in [-0.2, 0) is 10.0 Å². The smallest absolute Gasteiger partial charge is 0.271 e. The van der Waals surface area contributed by atoms with Gasteiger partial charge in [-0.25, -0.2) is 12.7 Å². The maximum Gasteiger partial charge on any atom is 0.271 e. The van der Waals surface area contributed by atoms with Crippen molar-refractivity contribution in [1.82, 2.24) is 4.31 Å². The first-order chi connectivity index (χ1) is 13.9. The number of fused-ring (bicyclic) bond motifs is 1. The molecule has 29 heavy (non-hydrogen) atoms. The van der Waals surface area contributed by atoms with E-state index in [1.807, 2.05) is 13.0 Å². The molecule has 0 aliphatic carbocycles. The van der Waals surface area contributed by atoms with E-state index in [2.05, 4.69) is 5.32 Å². The minimum atomic E-state index is -4.11. The molecule has 0 fully saturated rings. The molecule has 1 heterocycles. The molecular formula is C22H20N2O4S. The molecule has 1 amide bonds. The first-order valence-corrected chi connectivity index (χ1v) is 10.5. The molecule has 6 nitrogen and oxygen atoms in total. The lowest BCUT2D eigenvalue weighted by Crippen LogP contribution is -2.46. The summed E-state index contributed by atoms with van der Waals surface area (Å²) in [5, 5.41) is 3.20. The zero-order valence-corrected chi connectivity index (χ0v) is 16.8. The first kappa shape index (κ1) is 19.0. The predicted molar refractivity (Wildman–Crippen MR) is 110 cm³/mol. The topological polar surface area (TPSA) is 75.7 Å². The highest BCUT2D eigenvalue weighted by molar-refractivity contribution is 7.89. The average Bonchev–Trinajstić information content (AvgIpc) is 2.74. The van der Waals surface area contributed by atoms with Crippen molar-refractivity contribution < 1.29 is 17.9 Å². The monoisotopic (exact) mass is 408 g/mol. The Kier molecular flexibility index (Phi) is 4.76. The van der Waals surface area contributed by atoms with Gasteiger partial charge in [-0.15, -0.1) is 0 Å². The molecule has 1 N–H and O–H groups in total. The summed E-state index contributed by atoms with van der Waals surface area (Å²) in [5.41, 5.74) is 2.30. The van der Waals surface area contributed by atoms with Gasteiger partial charge < -0.3 is 10.1 Å². The number of ether oxygens (including phenoxy) is 1. The Morgan fingerprint density at radius 3 is 2.28 bits per heavy atom. The van der Waals surface area contributed by atoms with E-state index in [4.69, 9.17) is 4.74 Å². The summed E-state index contributed by atoms with van der Waals surface area (Å²) in [6, 6.07) is 20.4. The van der Waals surface area contributed by atoms with Crippen LogP contribution in [0.15, 0.2) is 77.7 Å². The van der Waals surface area contributed by atoms with Gasteiger partial charge in [-0.2, -0.15) is 0 Å². The molecule has 0 radical (unpaired) electrons. The maximum absolute atomic E-state index is 13.5. The molecule has 1 atom stereocenters. The van der Waals surface area contributed by atoms with Crippen LogP contribution in [0.5, 0.6) is 5.75 Å². The number of aryl methyl sites for hydroxylation is 1. The third kappa shape index (κ3) is 3.23. The van der Waals surface area contributed by atoms with Gasteiger partial charge in [0.25, 0.3) is 15.9 Å². The van der Waals surface area contributed by atoms with E-state index >= 15 is 0 Å². The summed E-state index contributed by atoms with van der Waals surface area (Å²) in [5.74, 6) is -0.128. The molecule has 0 aromatic heterocycles. The van der Waals surface area contributed by atoms with Crippen molar-refractivity contribution in [3.63, 3.8) is 0 Å². The number of carbonyl (C=O) groups excluding carboxylic acids is 1. The first-order valence-electron chi connectivity index (χ1n) is 9.07. The highest BCUT2D eigenvalue weighted by Crippen LogP contribution is 2.41. The van der Waals surface area contributed by atoms with Gasteiger partial charge in [-0.3, -0.25) is 4.79 Å². The van der Waals surface area contributed by atoms with E-state index in [9.17, 15) is 13.2 Å². The van der Waals surface area contributed by atoms with Gasteiger partial charge in [0.2, 0.25) is 0 Å². The van der Waals surface area contributed by atoms with Gasteiger partial charge in [-0.05, 0) is 36.8 Å². The Balaban J connectivity index is 1.91. The lowest BCUT2D eigenvalue weighted by Gasteiger charge is -2.37. The second-order valence-corrected chi connectivity index (χ2v) is 8.57. The summed E-state index contributed by atoms with van der Waals surface area (Å²) in [7, 11) is -2.60. The lowest BCUT2D eigenvalue weighted by atomic mass is 10.0. The van der Waals surface area contributed by atoms with E-state index in [0.717, 1.165) is 9.87 Å². The molecule has 3 aromatic carbocycles. The van der Waals surface area contributed by atoms with Crippen molar-refractivity contribution in [3.05, 3.63) is 89.5 Å². The number of hydrogen-bond acceptors (Lipinski definition) is 5. The summed E-state index contributed by atoms with van der Waals surface area (Å²) in [6.07, 6.45) is -0.904. The van der Waals surface area contributed by atoms with Crippen LogP contribution in [0, 0.1) is 6.92 Å². The number of nitrogens with one attached hydrogen (secondary N) is 1. The van der Waals surface area contributed by atoms with Crippen LogP contribution in [0.3, 0.4) is 0 Å². The van der Waals surface area contributed by atoms with E-state index < -0.39 is 22.1 Å². The second kappa shape index (κ2) is 7.25. The largest absolute Gasteiger partial charge is 0.495 e. The number of para-hydroxylation sites is 1. The fourth-order valence-corrected chi connectivity index (χ4v) is 4.86. The molecule has 1 unspecified atom stereocenters. The van der Waals surface area contributed by atoms with E-state index in [-0.39, 0.29) is 10.5 Å². The molecule has 4 rings (SSSR count). The number of amides is 1. The van der Waals surface area contributed by atoms with E-state index in [1.54, 1.807) is 54.6 Å². The highest BCUT2D eigenvalue weighted by Gasteiger charge is 2.42. The summed E-state index contributed by atoms with van der Waals surface area (Å²) < 4.78 is 33.3. The van der Waals surface area contributed by atoms with Gasteiger partial charge in [0.1, 0.15) is 11.9 Å². The number of benzene rings is 3. The number of rotatable bonds is 4. The molecule has 0 saturated carbocycles. The molecule has 7 heteroatoms. The Morgan fingerprint density at radius 2 is 1.62 bits per heavy atom. The van der Waals surface area contributed by atoms with Crippen molar-refractivity contribution in [2.75, 3.05) is 12.4 Å². The summed E-state index contributed by atoms with van der Waals surface area (Å²) in [4.78, 5) is 13.5. The molecule has 1 aliphatic heterocycles. The molecule has 3 aromatic rings. The molecule has 0 bridgehead atoms. The standard InChI is InChI=1S/C22H20N2O4S/c1-15-11-13-17(14-12-15)29(26,27)24-21(16-7-4-3-5-8-16)23-20-18(22(24)25)9-6-10-19(20)28-2/h3-14,21,23H,1-2H3. The Bertz CT molecular complexity index is 1160. The molecule has 0 spiro atoms. The van der Waals surface area contributed by atoms with Crippen molar-refractivity contribution in [1.29, 1.82) is 0 Å². The minimum Gasteiger partial charge on any atom is -0.495 e. The SMILES string of the molecule is COc1cccc2c1NC(c1ccccc1)N(S(=O)(=O)c1ccc(C)cc1)C2=O. The van der Waals surface area contributed by atoms with Crippen molar-refractivity contribution >= 4 is 21.6 Å². The number of sulfonamides is 1. The molecule has 148 valence electrons. The molecule has 1 aliphatic rings. The highest BCUT2D eigenvalue weighted by atomic mass is 32.2. The van der Waals surface area contributed by atoms with Gasteiger partial charge in [-0.1, -0.05) is 54.1 Å². The van der Waals surface area contributed by atoms with Gasteiger partial charge in [0, 0.05) is 0 Å². The van der Waals surface area contributed by atoms with Crippen LogP contribution in [0.4, 0.5) is 5.69 Å². The van der Waals surface area contributed by atoms with Crippen LogP contribution in [0.2, 0.25) is 0 Å². The Morgan fingerprint density at radius 1 is 0.931 bits per heavy atom. The number of nitrogens with zero attached hydrogens (tertiary/aromatic N) is 1. The van der Waals surface area contributed by atoms with Crippen LogP contribution in [-0.4, -0.2) is 25.7 Å². The van der Waals surface area contributed by atoms with E-state index in [1.165, 1.54) is 19.2 Å². The van der Waals surface area contributed by atoms with Crippen molar-refractivity contribution in [2.24, 2.45) is 0 Å². The quantitative estimate of drug-likeness (QED) is 0.707. The van der Waals surface area contributed by atoms with Crippen LogP contribution < -0.4 is 10.1 Å². The van der Waals surface area contributed by atoms with Crippen molar-refractivity contribution in [3.8, 4) is 5.75 Å². The Hall–Kier alpha value is -3.32. The zero-order valence-electron chi connectivity index (χ0n) is 16.0. The zero-order chi connectivity index (χ0) is 20.6. The third-order valence-corrected chi connectivity index (χ3v) is 6.65. The summed E-state index contributed by atoms with van der Waals surface area (Å²) >= 11 is 0. The third-order valence-electron chi connectivity index (χ3n) is 4.89. The summed E-state index contributed by atoms with van der Waals surface area (Å²) in [6.45, 7) is 1.87. The Labute approximate surface area is 169 Å². The van der Waals surface area contributed by atoms with Crippen molar-refractivity contribution in [2.45, 2.75) is 18.0 Å². The van der Waals surface area contributed by atoms with E-state index in [0.29, 0.717) is 17.0 Å². The molecule has 0 saturated heterocycles. The van der Waals surface area contributed by atoms with Crippen LogP contribution in [0.1, 0.15) is 27.7 Å². The predicted octanol–water partition coefficient (Wildman–Crippen LogP) is 3.96. The number of carbonyl (C=O) groups is 1. The minimum absolute atomic E-state index is 0.0607.